The van der Waals surface area contributed by atoms with Crippen LogP contribution in [-0.2, 0) is 17.4 Å². The Morgan fingerprint density at radius 2 is 1.82 bits per heavy atom. The summed E-state index contributed by atoms with van der Waals surface area (Å²) in [5.74, 6) is 1.28. The molecule has 5 N–H and O–H groups in total. The largest absolute Gasteiger partial charge is 0.493 e. The zero-order chi connectivity index (χ0) is 28.9. The van der Waals surface area contributed by atoms with Crippen LogP contribution in [0.5, 0.6) is 11.5 Å². The van der Waals surface area contributed by atoms with Crippen molar-refractivity contribution in [2.45, 2.75) is 19.1 Å². The van der Waals surface area contributed by atoms with E-state index in [1.165, 1.54) is 19.5 Å². The van der Waals surface area contributed by atoms with E-state index >= 15 is 0 Å². The van der Waals surface area contributed by atoms with Gasteiger partial charge in [0.1, 0.15) is 18.5 Å². The first-order chi connectivity index (χ1) is 18.4. The number of nitrogen functional groups attached to an aromatic ring is 1. The van der Waals surface area contributed by atoms with Crippen molar-refractivity contribution in [2.75, 3.05) is 43.3 Å². The number of hydrogen-bond acceptors (Lipinski definition) is 10. The molecule has 0 amide bonds. The van der Waals surface area contributed by atoms with Gasteiger partial charge in [-0.3, -0.25) is 14.6 Å². The summed E-state index contributed by atoms with van der Waals surface area (Å²) in [6.07, 6.45) is 7.78. The van der Waals surface area contributed by atoms with Crippen molar-refractivity contribution in [2.24, 2.45) is 5.73 Å². The van der Waals surface area contributed by atoms with E-state index in [2.05, 4.69) is 16.0 Å². The fraction of sp³-hybridized carbons (Fsp3) is 0.308. The highest BCUT2D eigenvalue weighted by Crippen LogP contribution is 2.35. The highest BCUT2D eigenvalue weighted by atomic mass is 35.5. The van der Waals surface area contributed by atoms with E-state index in [1.807, 2.05) is 11.8 Å². The number of halogens is 2. The van der Waals surface area contributed by atoms with E-state index in [0.29, 0.717) is 68.4 Å². The molecule has 0 unspecified atom stereocenters. The van der Waals surface area contributed by atoms with Crippen LogP contribution in [0.15, 0.2) is 36.8 Å². The van der Waals surface area contributed by atoms with Crippen molar-refractivity contribution in [3.8, 4) is 17.6 Å². The van der Waals surface area contributed by atoms with Crippen molar-refractivity contribution in [1.82, 2.24) is 9.97 Å². The van der Waals surface area contributed by atoms with E-state index in [0.717, 1.165) is 0 Å². The number of pyridine rings is 2. The second-order valence-corrected chi connectivity index (χ2v) is 11.6. The van der Waals surface area contributed by atoms with E-state index in [-0.39, 0.29) is 17.9 Å². The van der Waals surface area contributed by atoms with Gasteiger partial charge in [-0.2, -0.15) is 5.26 Å². The zero-order valence-electron chi connectivity index (χ0n) is 21.9. The van der Waals surface area contributed by atoms with Crippen LogP contribution in [-0.4, -0.2) is 58.1 Å². The predicted octanol–water partition coefficient (Wildman–Crippen LogP) is 3.77. The zero-order valence-corrected chi connectivity index (χ0v) is 24.2. The minimum Gasteiger partial charge on any atom is -0.493 e. The Morgan fingerprint density at radius 3 is 2.36 bits per heavy atom. The van der Waals surface area contributed by atoms with Crippen molar-refractivity contribution in [1.29, 1.82) is 10.7 Å². The van der Waals surface area contributed by atoms with Crippen LogP contribution >= 0.6 is 23.2 Å². The Bertz CT molecular complexity index is 1430. The van der Waals surface area contributed by atoms with Crippen molar-refractivity contribution in [3.63, 3.8) is 0 Å². The van der Waals surface area contributed by atoms with Gasteiger partial charge in [0.2, 0.25) is 0 Å². The highest BCUT2D eigenvalue weighted by Gasteiger charge is 2.36. The Morgan fingerprint density at radius 1 is 1.21 bits per heavy atom. The number of anilines is 2. The lowest BCUT2D eigenvalue weighted by molar-refractivity contribution is 0.284. The number of nitrogens with two attached hydrogens (primary N) is 2. The first-order valence-electron chi connectivity index (χ1n) is 11.5. The van der Waals surface area contributed by atoms with Crippen LogP contribution in [0.2, 0.25) is 10.0 Å². The lowest BCUT2D eigenvalue weighted by Gasteiger charge is -2.46. The minimum atomic E-state index is -0.611. The third-order valence-electron chi connectivity index (χ3n) is 5.61. The molecular weight excluding hydrogens is 561 g/mol. The summed E-state index contributed by atoms with van der Waals surface area (Å²) in [4.78, 5) is 10.3. The van der Waals surface area contributed by atoms with Gasteiger partial charge >= 0.3 is 0 Å². The normalized spacial score (nSPS) is 13.6. The van der Waals surface area contributed by atoms with E-state index in [4.69, 9.17) is 49.6 Å². The molecule has 0 saturated carbocycles. The van der Waals surface area contributed by atoms with Crippen LogP contribution in [0.25, 0.3) is 0 Å². The third-order valence-corrected chi connectivity index (χ3v) is 6.26. The average Bonchev–Trinajstić information content (AvgIpc) is 2.86. The Balaban J connectivity index is 0.000000983. The number of benzene rings is 1. The molecule has 1 aliphatic heterocycles. The van der Waals surface area contributed by atoms with E-state index in [9.17, 15) is 9.47 Å². The monoisotopic (exact) mass is 589 g/mol. The van der Waals surface area contributed by atoms with Crippen LogP contribution in [0, 0.1) is 16.7 Å². The van der Waals surface area contributed by atoms with Crippen LogP contribution in [0.1, 0.15) is 29.2 Å². The second-order valence-electron chi connectivity index (χ2n) is 9.29. The van der Waals surface area contributed by atoms with Crippen LogP contribution in [0.3, 0.4) is 0 Å². The lowest BCUT2D eigenvalue weighted by atomic mass is 9.93. The first-order valence-corrected chi connectivity index (χ1v) is 14.3. The summed E-state index contributed by atoms with van der Waals surface area (Å²) in [5.41, 5.74) is 14.2. The fourth-order valence-corrected chi connectivity index (χ4v) is 4.32. The van der Waals surface area contributed by atoms with Crippen molar-refractivity contribution in [3.05, 3.63) is 69.1 Å². The molecule has 0 atom stereocenters. The minimum absolute atomic E-state index is 0.0535. The molecule has 1 fully saturated rings. The summed E-state index contributed by atoms with van der Waals surface area (Å²) in [6.45, 7) is 3.20. The maximum Gasteiger partial charge on any atom is 0.162 e. The molecular formula is C26H29Cl2N7O3S. The third kappa shape index (κ3) is 7.36. The molecule has 2 aromatic heterocycles. The summed E-state index contributed by atoms with van der Waals surface area (Å²) in [5, 5.41) is 19.2. The summed E-state index contributed by atoms with van der Waals surface area (Å²) in [7, 11) is 0.878. The number of nitriles is 1. The molecule has 0 spiro atoms. The summed E-state index contributed by atoms with van der Waals surface area (Å²) < 4.78 is 20.9. The Kier molecular flexibility index (Phi) is 9.74. The van der Waals surface area contributed by atoms with Crippen LogP contribution in [0.4, 0.5) is 11.5 Å². The average molecular weight is 591 g/mol. The number of aromatic nitrogens is 2. The van der Waals surface area contributed by atoms with Crippen molar-refractivity contribution >= 4 is 51.2 Å². The molecule has 0 radical (unpaired) electrons. The summed E-state index contributed by atoms with van der Waals surface area (Å²) >= 11 is 12.4. The number of nitrogens with one attached hydrogen (secondary N) is 1. The van der Waals surface area contributed by atoms with Gasteiger partial charge in [0.25, 0.3) is 0 Å². The molecule has 0 aliphatic carbocycles. The number of methoxy groups -OCH3 is 1. The Labute approximate surface area is 239 Å². The molecule has 1 aliphatic rings. The maximum atomic E-state index is 9.68. The Hall–Kier alpha value is -3.43. The molecule has 3 heterocycles. The van der Waals surface area contributed by atoms with Crippen LogP contribution < -0.4 is 25.8 Å². The molecule has 39 heavy (non-hydrogen) atoms. The van der Waals surface area contributed by atoms with Gasteiger partial charge in [0.15, 0.2) is 11.5 Å². The number of ether oxygens (including phenoxy) is 2. The highest BCUT2D eigenvalue weighted by molar-refractivity contribution is 7.83. The van der Waals surface area contributed by atoms with Crippen molar-refractivity contribution < 1.29 is 13.7 Å². The molecule has 13 heteroatoms. The number of hydrogen-bond donors (Lipinski definition) is 3. The number of nitrogens with zero attached hydrogens (tertiary/aromatic N) is 4. The van der Waals surface area contributed by atoms with Gasteiger partial charge in [-0.1, -0.05) is 23.2 Å². The quantitative estimate of drug-likeness (QED) is 0.274. The van der Waals surface area contributed by atoms with Gasteiger partial charge in [0.05, 0.1) is 28.4 Å². The van der Waals surface area contributed by atoms with Gasteiger partial charge < -0.3 is 25.8 Å². The van der Waals surface area contributed by atoms with E-state index < -0.39 is 10.8 Å². The molecule has 4 rings (SSSR count). The van der Waals surface area contributed by atoms with Gasteiger partial charge in [-0.15, -0.1) is 0 Å². The molecule has 1 aromatic carbocycles. The molecule has 3 aromatic rings. The predicted molar refractivity (Wildman–Crippen MR) is 156 cm³/mol. The van der Waals surface area contributed by atoms with Gasteiger partial charge in [-0.25, -0.2) is 4.98 Å². The lowest BCUT2D eigenvalue weighted by Crippen LogP contribution is -2.66. The fourth-order valence-electron chi connectivity index (χ4n) is 3.85. The molecule has 206 valence electrons. The summed E-state index contributed by atoms with van der Waals surface area (Å²) in [6, 6.07) is 6.97. The molecule has 0 bridgehead atoms. The molecule has 10 nitrogen and oxygen atoms in total. The smallest absolute Gasteiger partial charge is 0.162 e. The first kappa shape index (κ1) is 30.1. The van der Waals surface area contributed by atoms with Gasteiger partial charge in [0, 0.05) is 89.0 Å². The number of rotatable bonds is 7. The molecule has 1 saturated heterocycles. The SMILES string of the molecule is COc1cc(N)c(C(=N)c2cnc(N3CC(C)(N)C3)c(C#N)c2)cc1OCc1c(Cl)cncc1Cl.CS(C)=O. The second kappa shape index (κ2) is 12.6. The topological polar surface area (TPSA) is 164 Å². The maximum absolute atomic E-state index is 9.68. The standard InChI is InChI=1S/C24H23Cl2N7O2.C2H6OS/c1-24(30)11-33(12-24)23-13(6-27)3-14(7-32-23)22(29)15-4-21(20(34-2)5-19(15)28)35-10-16-17(25)8-31-9-18(16)26;1-4(2)3/h3-5,7-9,29H,10-12,28,30H2,1-2H3;1-2H3. The van der Waals surface area contributed by atoms with E-state index in [1.54, 1.807) is 36.9 Å². The van der Waals surface area contributed by atoms with Gasteiger partial charge in [-0.05, 0) is 19.1 Å².